The van der Waals surface area contributed by atoms with E-state index in [4.69, 9.17) is 0 Å². The van der Waals surface area contributed by atoms with Crippen LogP contribution in [-0.2, 0) is 17.5 Å². The number of anilines is 1. The Kier molecular flexibility index (Phi) is 7.40. The van der Waals surface area contributed by atoms with Gasteiger partial charge in [-0.25, -0.2) is 13.2 Å². The zero-order valence-electron chi connectivity index (χ0n) is 20.6. The van der Waals surface area contributed by atoms with E-state index in [0.29, 0.717) is 22.2 Å². The van der Waals surface area contributed by atoms with Crippen LogP contribution in [0.5, 0.6) is 0 Å². The van der Waals surface area contributed by atoms with Gasteiger partial charge < -0.3 is 15.6 Å². The minimum atomic E-state index is -4.45. The third kappa shape index (κ3) is 6.39. The molecule has 39 heavy (non-hydrogen) atoms. The summed E-state index contributed by atoms with van der Waals surface area (Å²) in [4.78, 5) is 31.4. The number of H-pyrrole nitrogens is 1. The molecule has 4 rings (SSSR count). The number of aromatic nitrogens is 2. The summed E-state index contributed by atoms with van der Waals surface area (Å²) in [6.07, 6.45) is -6.44. The molecule has 204 valence electrons. The summed E-state index contributed by atoms with van der Waals surface area (Å²) in [5, 5.41) is 5.47. The molecule has 2 heterocycles. The summed E-state index contributed by atoms with van der Waals surface area (Å²) < 4.78 is 79.4. The number of amides is 2. The number of alkyl halides is 6. The van der Waals surface area contributed by atoms with Gasteiger partial charge >= 0.3 is 6.18 Å². The summed E-state index contributed by atoms with van der Waals surface area (Å²) in [7, 11) is 0. The molecule has 0 atom stereocenters. The van der Waals surface area contributed by atoms with Crippen molar-refractivity contribution in [2.24, 2.45) is 0 Å². The van der Waals surface area contributed by atoms with Crippen LogP contribution in [0.15, 0.2) is 60.8 Å². The number of carbonyl (C=O) groups is 2. The average molecular weight is 548 g/mol. The molecule has 0 saturated carbocycles. The number of nitrogens with zero attached hydrogens (tertiary/aromatic N) is 1. The predicted octanol–water partition coefficient (Wildman–Crippen LogP) is 6.80. The van der Waals surface area contributed by atoms with Crippen molar-refractivity contribution in [1.82, 2.24) is 15.3 Å². The van der Waals surface area contributed by atoms with Crippen LogP contribution in [-0.4, -0.2) is 27.5 Å². The maximum absolute atomic E-state index is 13.7. The molecule has 0 bridgehead atoms. The van der Waals surface area contributed by atoms with Crippen LogP contribution in [0.1, 0.15) is 47.5 Å². The van der Waals surface area contributed by atoms with Gasteiger partial charge in [-0.05, 0) is 67.4 Å². The van der Waals surface area contributed by atoms with Crippen LogP contribution >= 0.6 is 0 Å². The second-order valence-corrected chi connectivity index (χ2v) is 9.25. The highest BCUT2D eigenvalue weighted by atomic mass is 19.4. The lowest BCUT2D eigenvalue weighted by atomic mass is 10.1. The fourth-order valence-electron chi connectivity index (χ4n) is 3.77. The van der Waals surface area contributed by atoms with Gasteiger partial charge in [0.2, 0.25) is 0 Å². The third-order valence-electron chi connectivity index (χ3n) is 5.82. The average Bonchev–Trinajstić information content (AvgIpc) is 3.29. The Morgan fingerprint density at radius 1 is 0.974 bits per heavy atom. The molecule has 6 nitrogen and oxygen atoms in total. The lowest BCUT2D eigenvalue weighted by Gasteiger charge is -2.15. The summed E-state index contributed by atoms with van der Waals surface area (Å²) in [6.45, 7) is 1.89. The van der Waals surface area contributed by atoms with Gasteiger partial charge in [0, 0.05) is 35.0 Å². The molecule has 0 aliphatic heterocycles. The predicted molar refractivity (Wildman–Crippen MR) is 133 cm³/mol. The van der Waals surface area contributed by atoms with Gasteiger partial charge in [0.15, 0.2) is 5.67 Å². The van der Waals surface area contributed by atoms with Gasteiger partial charge in [0.05, 0.1) is 11.1 Å². The lowest BCUT2D eigenvalue weighted by Crippen LogP contribution is -2.38. The number of nitrogens with one attached hydrogen (secondary N) is 3. The Morgan fingerprint density at radius 3 is 2.28 bits per heavy atom. The minimum Gasteiger partial charge on any atom is -0.355 e. The van der Waals surface area contributed by atoms with Gasteiger partial charge in [0.1, 0.15) is 5.69 Å². The van der Waals surface area contributed by atoms with Crippen LogP contribution in [0.3, 0.4) is 0 Å². The number of halogens is 6. The highest BCUT2D eigenvalue weighted by Gasteiger charge is 2.30. The first kappa shape index (κ1) is 27.7. The fourth-order valence-corrected chi connectivity index (χ4v) is 3.77. The molecule has 2 amide bonds. The van der Waals surface area contributed by atoms with E-state index in [1.54, 1.807) is 18.2 Å². The van der Waals surface area contributed by atoms with E-state index in [9.17, 15) is 35.9 Å². The Hall–Kier alpha value is -4.35. The zero-order valence-corrected chi connectivity index (χ0v) is 20.6. The molecular formula is C27H22F6N4O2. The van der Waals surface area contributed by atoms with Crippen LogP contribution < -0.4 is 10.6 Å². The Labute approximate surface area is 218 Å². The van der Waals surface area contributed by atoms with E-state index >= 15 is 0 Å². The summed E-state index contributed by atoms with van der Waals surface area (Å²) in [6, 6.07) is 12.1. The fraction of sp³-hybridized carbons (Fsp3) is 0.222. The first-order valence-electron chi connectivity index (χ1n) is 11.6. The number of hydrogen-bond donors (Lipinski definition) is 3. The maximum atomic E-state index is 13.7. The van der Waals surface area contributed by atoms with Crippen LogP contribution in [0.4, 0.5) is 32.0 Å². The quantitative estimate of drug-likeness (QED) is 0.222. The third-order valence-corrected chi connectivity index (χ3v) is 5.82. The maximum Gasteiger partial charge on any atom is 0.416 e. The molecule has 0 aliphatic rings. The van der Waals surface area contributed by atoms with Crippen LogP contribution in [0, 0.1) is 0 Å². The van der Waals surface area contributed by atoms with Crippen molar-refractivity contribution in [1.29, 1.82) is 0 Å². The monoisotopic (exact) mass is 548 g/mol. The molecule has 2 aromatic carbocycles. The molecule has 0 aliphatic carbocycles. The molecular weight excluding hydrogens is 526 g/mol. The Balaban J connectivity index is 1.55. The van der Waals surface area contributed by atoms with Gasteiger partial charge in [-0.3, -0.25) is 14.6 Å². The number of rotatable bonds is 7. The SMILES string of the molecule is CC(C)(F)C(=O)NCc1cnc(C(F)F)c(C(=O)Nc2ccc3[nH]c(-c4ccc(C(F)(F)F)cc4)cc3c2)c1. The standard InChI is InChI=1S/C27H22F6N4O2/c1-26(2,30)25(39)35-13-14-9-19(22(23(28)29)34-12-14)24(38)36-18-7-8-20-16(10-18)11-21(37-20)15-3-5-17(6-4-15)27(31,32)33/h3-12,23,37H,13H2,1-2H3,(H,35,39)(H,36,38). The van der Waals surface area contributed by atoms with E-state index in [1.165, 1.54) is 18.2 Å². The molecule has 3 N–H and O–H groups in total. The van der Waals surface area contributed by atoms with Gasteiger partial charge in [-0.1, -0.05) is 12.1 Å². The molecule has 0 spiro atoms. The van der Waals surface area contributed by atoms with Crippen molar-refractivity contribution < 1.29 is 35.9 Å². The Morgan fingerprint density at radius 2 is 1.67 bits per heavy atom. The molecule has 12 heteroatoms. The van der Waals surface area contributed by atoms with Gasteiger partial charge in [-0.15, -0.1) is 0 Å². The van der Waals surface area contributed by atoms with Gasteiger partial charge in [0.25, 0.3) is 18.2 Å². The first-order valence-corrected chi connectivity index (χ1v) is 11.6. The van der Waals surface area contributed by atoms with E-state index in [0.717, 1.165) is 38.2 Å². The van der Waals surface area contributed by atoms with Gasteiger partial charge in [-0.2, -0.15) is 13.2 Å². The summed E-state index contributed by atoms with van der Waals surface area (Å²) in [5.41, 5.74) is -1.95. The first-order chi connectivity index (χ1) is 18.2. The Bertz CT molecular complexity index is 1520. The van der Waals surface area contributed by atoms with Crippen LogP contribution in [0.2, 0.25) is 0 Å². The highest BCUT2D eigenvalue weighted by molar-refractivity contribution is 6.06. The van der Waals surface area contributed by atoms with E-state index in [2.05, 4.69) is 20.6 Å². The van der Waals surface area contributed by atoms with Crippen molar-refractivity contribution in [3.8, 4) is 11.3 Å². The van der Waals surface area contributed by atoms with Crippen LogP contribution in [0.25, 0.3) is 22.2 Å². The molecule has 0 radical (unpaired) electrons. The van der Waals surface area contributed by atoms with Crippen molar-refractivity contribution in [2.75, 3.05) is 5.32 Å². The smallest absolute Gasteiger partial charge is 0.355 e. The van der Waals surface area contributed by atoms with E-state index in [-0.39, 0.29) is 17.8 Å². The van der Waals surface area contributed by atoms with Crippen molar-refractivity contribution >= 4 is 28.4 Å². The number of fused-ring (bicyclic) bond motifs is 1. The number of carbonyl (C=O) groups excluding carboxylic acids is 2. The summed E-state index contributed by atoms with van der Waals surface area (Å²) in [5.74, 6) is -1.79. The molecule has 4 aromatic rings. The lowest BCUT2D eigenvalue weighted by molar-refractivity contribution is -0.137. The number of benzene rings is 2. The largest absolute Gasteiger partial charge is 0.416 e. The summed E-state index contributed by atoms with van der Waals surface area (Å²) >= 11 is 0. The molecule has 0 saturated heterocycles. The number of hydrogen-bond acceptors (Lipinski definition) is 3. The molecule has 2 aromatic heterocycles. The second kappa shape index (κ2) is 10.4. The van der Waals surface area contributed by atoms with Crippen molar-refractivity contribution in [2.45, 2.75) is 38.7 Å². The van der Waals surface area contributed by atoms with E-state index in [1.807, 2.05) is 0 Å². The second-order valence-electron chi connectivity index (χ2n) is 9.25. The number of aromatic amines is 1. The topological polar surface area (TPSA) is 86.9 Å². The zero-order chi connectivity index (χ0) is 28.5. The highest BCUT2D eigenvalue weighted by Crippen LogP contribution is 2.32. The number of pyridine rings is 1. The van der Waals surface area contributed by atoms with E-state index < -0.39 is 46.9 Å². The minimum absolute atomic E-state index is 0.212. The van der Waals surface area contributed by atoms with Crippen molar-refractivity contribution in [3.63, 3.8) is 0 Å². The van der Waals surface area contributed by atoms with Crippen molar-refractivity contribution in [3.05, 3.63) is 83.2 Å². The normalized spacial score (nSPS) is 12.1. The molecule has 0 unspecified atom stereocenters. The molecule has 0 fully saturated rings.